The SMILES string of the molecule is O=C1C(C(c2ccccc2)c2ccccc2)N2C[C@@H]3CCC[C@@H]2C[C@@H]13. The molecule has 1 aliphatic carbocycles. The topological polar surface area (TPSA) is 20.3 Å². The Kier molecular flexibility index (Phi) is 3.74. The third-order valence-electron chi connectivity index (χ3n) is 6.77. The minimum Gasteiger partial charge on any atom is -0.298 e. The summed E-state index contributed by atoms with van der Waals surface area (Å²) >= 11 is 0. The largest absolute Gasteiger partial charge is 0.298 e. The molecule has 0 aromatic heterocycles. The number of benzene rings is 2. The standard InChI is InChI=1S/C23H25NO/c25-23-20-14-19-13-7-12-18(20)15-24(19)22(23)21(16-8-3-1-4-9-16)17-10-5-2-6-11-17/h1-6,8-11,18-22H,7,12-15H2/t18-,19+,20+,22?/m0/s1. The Bertz CT molecular complexity index is 717. The molecule has 25 heavy (non-hydrogen) atoms. The number of Topliss-reactive ketones (excluding diaryl/α,β-unsaturated/α-hetero) is 1. The van der Waals surface area contributed by atoms with Gasteiger partial charge >= 0.3 is 0 Å². The second-order valence-corrected chi connectivity index (χ2v) is 8.03. The van der Waals surface area contributed by atoms with Crippen LogP contribution in [0.15, 0.2) is 60.7 Å². The molecule has 2 nitrogen and oxygen atoms in total. The number of fused-ring (bicyclic) bond motifs is 3. The lowest BCUT2D eigenvalue weighted by atomic mass is 9.67. The van der Waals surface area contributed by atoms with Crippen LogP contribution in [0.25, 0.3) is 0 Å². The molecule has 4 bridgehead atoms. The van der Waals surface area contributed by atoms with Gasteiger partial charge in [0.15, 0.2) is 5.78 Å². The Balaban J connectivity index is 1.61. The predicted molar refractivity (Wildman–Crippen MR) is 99.5 cm³/mol. The Morgan fingerprint density at radius 1 is 0.880 bits per heavy atom. The molecular weight excluding hydrogens is 306 g/mol. The van der Waals surface area contributed by atoms with Crippen molar-refractivity contribution in [2.45, 2.75) is 43.7 Å². The summed E-state index contributed by atoms with van der Waals surface area (Å²) in [5.41, 5.74) is 2.54. The molecule has 2 heteroatoms. The van der Waals surface area contributed by atoms with Crippen molar-refractivity contribution < 1.29 is 4.79 Å². The van der Waals surface area contributed by atoms with Gasteiger partial charge in [-0.1, -0.05) is 67.1 Å². The van der Waals surface area contributed by atoms with Crippen LogP contribution in [0, 0.1) is 11.8 Å². The van der Waals surface area contributed by atoms with E-state index in [2.05, 4.69) is 65.6 Å². The highest BCUT2D eigenvalue weighted by molar-refractivity contribution is 5.90. The molecule has 7 rings (SSSR count). The second-order valence-electron chi connectivity index (χ2n) is 8.03. The summed E-state index contributed by atoms with van der Waals surface area (Å²) < 4.78 is 0. The summed E-state index contributed by atoms with van der Waals surface area (Å²) in [4.78, 5) is 16.1. The fourth-order valence-corrected chi connectivity index (χ4v) is 5.67. The average Bonchev–Trinajstić information content (AvgIpc) is 2.98. The Morgan fingerprint density at radius 3 is 2.16 bits per heavy atom. The highest BCUT2D eigenvalue weighted by Gasteiger charge is 2.54. The van der Waals surface area contributed by atoms with E-state index in [-0.39, 0.29) is 12.0 Å². The van der Waals surface area contributed by atoms with E-state index in [0.717, 1.165) is 13.0 Å². The van der Waals surface area contributed by atoms with E-state index in [1.54, 1.807) is 0 Å². The van der Waals surface area contributed by atoms with Gasteiger partial charge in [0, 0.05) is 24.4 Å². The Hall–Kier alpha value is -1.93. The van der Waals surface area contributed by atoms with Crippen LogP contribution in [0.2, 0.25) is 0 Å². The minimum absolute atomic E-state index is 0.0166. The van der Waals surface area contributed by atoms with E-state index < -0.39 is 0 Å². The second kappa shape index (κ2) is 6.10. The van der Waals surface area contributed by atoms with Crippen LogP contribution >= 0.6 is 0 Å². The van der Waals surface area contributed by atoms with Crippen LogP contribution in [0.3, 0.4) is 0 Å². The van der Waals surface area contributed by atoms with E-state index in [1.165, 1.54) is 30.4 Å². The zero-order valence-corrected chi connectivity index (χ0v) is 14.6. The normalized spacial score (nSPS) is 33.6. The predicted octanol–water partition coefficient (Wildman–Crippen LogP) is 4.26. The third kappa shape index (κ3) is 2.46. The molecule has 1 saturated carbocycles. The van der Waals surface area contributed by atoms with Gasteiger partial charge in [0.05, 0.1) is 6.04 Å². The van der Waals surface area contributed by atoms with Crippen LogP contribution in [0.5, 0.6) is 0 Å². The van der Waals surface area contributed by atoms with Gasteiger partial charge in [-0.2, -0.15) is 0 Å². The van der Waals surface area contributed by atoms with E-state index in [4.69, 9.17) is 0 Å². The molecule has 2 aromatic carbocycles. The fourth-order valence-electron chi connectivity index (χ4n) is 5.67. The molecular formula is C23H25NO. The lowest BCUT2D eigenvalue weighted by Gasteiger charge is -2.53. The molecule has 0 N–H and O–H groups in total. The van der Waals surface area contributed by atoms with Gasteiger partial charge in [0.2, 0.25) is 0 Å². The van der Waals surface area contributed by atoms with Crippen LogP contribution in [0.1, 0.15) is 42.7 Å². The van der Waals surface area contributed by atoms with E-state index >= 15 is 0 Å². The van der Waals surface area contributed by atoms with Crippen LogP contribution in [0.4, 0.5) is 0 Å². The molecule has 4 aliphatic heterocycles. The summed E-state index contributed by atoms with van der Waals surface area (Å²) in [5.74, 6) is 1.57. The summed E-state index contributed by atoms with van der Waals surface area (Å²) in [6, 6.07) is 21.9. The van der Waals surface area contributed by atoms with Gasteiger partial charge in [-0.25, -0.2) is 0 Å². The fraction of sp³-hybridized carbons (Fsp3) is 0.435. The molecule has 0 amide bonds. The number of carbonyl (C=O) groups excluding carboxylic acids is 1. The van der Waals surface area contributed by atoms with Crippen molar-refractivity contribution in [3.63, 3.8) is 0 Å². The summed E-state index contributed by atoms with van der Waals surface area (Å²) in [7, 11) is 0. The third-order valence-corrected chi connectivity index (χ3v) is 6.77. The van der Waals surface area contributed by atoms with Crippen molar-refractivity contribution in [1.29, 1.82) is 0 Å². The van der Waals surface area contributed by atoms with Gasteiger partial charge in [-0.3, -0.25) is 9.69 Å². The molecule has 5 atom stereocenters. The molecule has 4 heterocycles. The first-order valence-electron chi connectivity index (χ1n) is 9.72. The van der Waals surface area contributed by atoms with Crippen LogP contribution in [-0.4, -0.2) is 29.3 Å². The first-order chi connectivity index (χ1) is 12.3. The first kappa shape index (κ1) is 15.3. The van der Waals surface area contributed by atoms with Gasteiger partial charge in [-0.15, -0.1) is 0 Å². The zero-order valence-electron chi connectivity index (χ0n) is 14.6. The number of hydrogen-bond acceptors (Lipinski definition) is 2. The number of hydrogen-bond donors (Lipinski definition) is 0. The molecule has 0 spiro atoms. The number of rotatable bonds is 3. The maximum Gasteiger partial charge on any atom is 0.154 e. The molecule has 2 aromatic rings. The van der Waals surface area contributed by atoms with Crippen molar-refractivity contribution in [2.75, 3.05) is 6.54 Å². The van der Waals surface area contributed by atoms with Gasteiger partial charge in [0.25, 0.3) is 0 Å². The quantitative estimate of drug-likeness (QED) is 0.837. The Labute approximate surface area is 149 Å². The lowest BCUT2D eigenvalue weighted by molar-refractivity contribution is -0.146. The van der Waals surface area contributed by atoms with Crippen molar-refractivity contribution in [3.05, 3.63) is 71.8 Å². The zero-order chi connectivity index (χ0) is 16.8. The number of nitrogens with zero attached hydrogens (tertiary/aromatic N) is 1. The lowest BCUT2D eigenvalue weighted by Crippen LogP contribution is -2.64. The Morgan fingerprint density at radius 2 is 1.52 bits per heavy atom. The van der Waals surface area contributed by atoms with Gasteiger partial charge in [-0.05, 0) is 36.3 Å². The maximum absolute atomic E-state index is 13.5. The molecule has 2 unspecified atom stereocenters. The molecule has 4 saturated heterocycles. The highest BCUT2D eigenvalue weighted by atomic mass is 16.1. The molecule has 5 fully saturated rings. The van der Waals surface area contributed by atoms with Crippen LogP contribution in [-0.2, 0) is 4.79 Å². The number of carbonyl (C=O) groups is 1. The summed E-state index contributed by atoms with van der Waals surface area (Å²) in [6.45, 7) is 1.13. The highest BCUT2D eigenvalue weighted by Crippen LogP contribution is 2.48. The maximum atomic E-state index is 13.5. The van der Waals surface area contributed by atoms with Crippen molar-refractivity contribution in [2.24, 2.45) is 11.8 Å². The van der Waals surface area contributed by atoms with Crippen molar-refractivity contribution in [3.8, 4) is 0 Å². The minimum atomic E-state index is 0.0166. The van der Waals surface area contributed by atoms with E-state index in [0.29, 0.717) is 23.7 Å². The smallest absolute Gasteiger partial charge is 0.154 e. The van der Waals surface area contributed by atoms with Crippen molar-refractivity contribution >= 4 is 5.78 Å². The van der Waals surface area contributed by atoms with Gasteiger partial charge < -0.3 is 0 Å². The summed E-state index contributed by atoms with van der Waals surface area (Å²) in [5, 5.41) is 0. The van der Waals surface area contributed by atoms with E-state index in [9.17, 15) is 4.79 Å². The van der Waals surface area contributed by atoms with Crippen LogP contribution < -0.4 is 0 Å². The molecule has 0 radical (unpaired) electrons. The van der Waals surface area contributed by atoms with E-state index in [1.807, 2.05) is 0 Å². The number of piperidine rings is 3. The van der Waals surface area contributed by atoms with Gasteiger partial charge in [0.1, 0.15) is 0 Å². The first-order valence-corrected chi connectivity index (χ1v) is 9.72. The number of ketones is 1. The average molecular weight is 331 g/mol. The molecule has 5 aliphatic rings. The van der Waals surface area contributed by atoms with Crippen molar-refractivity contribution in [1.82, 2.24) is 4.90 Å². The monoisotopic (exact) mass is 331 g/mol. The molecule has 128 valence electrons. The summed E-state index contributed by atoms with van der Waals surface area (Å²) in [6.07, 6.45) is 4.92.